The first-order valence-electron chi connectivity index (χ1n) is 7.99. The monoisotopic (exact) mass is 302 g/mol. The maximum atomic E-state index is 6.57. The van der Waals surface area contributed by atoms with E-state index in [0.717, 1.165) is 12.2 Å². The molecule has 1 atom stereocenters. The number of para-hydroxylation sites is 1. The van der Waals surface area contributed by atoms with E-state index < -0.39 is 0 Å². The summed E-state index contributed by atoms with van der Waals surface area (Å²) in [6.07, 6.45) is 0. The van der Waals surface area contributed by atoms with Crippen molar-refractivity contribution in [2.24, 2.45) is 5.73 Å². The summed E-state index contributed by atoms with van der Waals surface area (Å²) < 4.78 is 0. The van der Waals surface area contributed by atoms with Crippen LogP contribution in [0.5, 0.6) is 0 Å². The average Bonchev–Trinajstić information content (AvgIpc) is 2.63. The molecule has 3 N–H and O–H groups in total. The van der Waals surface area contributed by atoms with Crippen molar-refractivity contribution in [3.05, 3.63) is 102 Å². The summed E-state index contributed by atoms with van der Waals surface area (Å²) >= 11 is 0. The molecule has 0 unspecified atom stereocenters. The van der Waals surface area contributed by atoms with E-state index in [2.05, 4.69) is 66.0 Å². The Morgan fingerprint density at radius 2 is 1.09 bits per heavy atom. The van der Waals surface area contributed by atoms with E-state index in [1.807, 2.05) is 30.3 Å². The SMILES string of the molecule is N[C@@H](CNc1ccccc1)C(c1ccccc1)c1ccccc1. The molecule has 2 nitrogen and oxygen atoms in total. The highest BCUT2D eigenvalue weighted by Gasteiger charge is 2.21. The number of nitrogens with one attached hydrogen (secondary N) is 1. The zero-order valence-corrected chi connectivity index (χ0v) is 13.1. The van der Waals surface area contributed by atoms with E-state index in [4.69, 9.17) is 5.73 Å². The molecular formula is C21H22N2. The molecule has 0 saturated carbocycles. The van der Waals surface area contributed by atoms with Gasteiger partial charge in [-0.05, 0) is 23.3 Å². The third kappa shape index (κ3) is 3.99. The molecule has 0 radical (unpaired) electrons. The van der Waals surface area contributed by atoms with Crippen LogP contribution in [0.1, 0.15) is 17.0 Å². The Morgan fingerprint density at radius 1 is 0.652 bits per heavy atom. The van der Waals surface area contributed by atoms with Crippen molar-refractivity contribution in [1.29, 1.82) is 0 Å². The number of hydrogen-bond acceptors (Lipinski definition) is 2. The van der Waals surface area contributed by atoms with Crippen LogP contribution >= 0.6 is 0 Å². The lowest BCUT2D eigenvalue weighted by Gasteiger charge is -2.25. The zero-order valence-electron chi connectivity index (χ0n) is 13.1. The first-order valence-corrected chi connectivity index (χ1v) is 7.99. The van der Waals surface area contributed by atoms with Crippen molar-refractivity contribution in [1.82, 2.24) is 0 Å². The van der Waals surface area contributed by atoms with Crippen LogP contribution < -0.4 is 11.1 Å². The predicted octanol–water partition coefficient (Wildman–Crippen LogP) is 4.26. The Kier molecular flexibility index (Phi) is 5.07. The quantitative estimate of drug-likeness (QED) is 0.714. The Morgan fingerprint density at radius 3 is 1.57 bits per heavy atom. The minimum absolute atomic E-state index is 0.0139. The van der Waals surface area contributed by atoms with Crippen LogP contribution in [-0.2, 0) is 0 Å². The maximum absolute atomic E-state index is 6.57. The average molecular weight is 302 g/mol. The number of nitrogens with two attached hydrogens (primary N) is 1. The Hall–Kier alpha value is -2.58. The molecular weight excluding hydrogens is 280 g/mol. The van der Waals surface area contributed by atoms with Crippen molar-refractivity contribution >= 4 is 5.69 Å². The third-order valence-electron chi connectivity index (χ3n) is 4.06. The molecule has 0 amide bonds. The van der Waals surface area contributed by atoms with Gasteiger partial charge in [-0.1, -0.05) is 78.9 Å². The molecule has 3 rings (SSSR count). The van der Waals surface area contributed by atoms with Crippen LogP contribution in [0.25, 0.3) is 0 Å². The number of hydrogen-bond donors (Lipinski definition) is 2. The lowest BCUT2D eigenvalue weighted by molar-refractivity contribution is 0.618. The van der Waals surface area contributed by atoms with Crippen LogP contribution in [0.3, 0.4) is 0 Å². The summed E-state index contributed by atoms with van der Waals surface area (Å²) in [5, 5.41) is 3.44. The van der Waals surface area contributed by atoms with E-state index in [1.54, 1.807) is 0 Å². The summed E-state index contributed by atoms with van der Waals surface area (Å²) in [5.41, 5.74) is 10.2. The standard InChI is InChI=1S/C21H22N2/c22-20(16-23-19-14-8-3-9-15-19)21(17-10-4-1-5-11-17)18-12-6-2-7-13-18/h1-15,20-21,23H,16,22H2/t20-/m0/s1. The van der Waals surface area contributed by atoms with Crippen LogP contribution in [0, 0.1) is 0 Å². The topological polar surface area (TPSA) is 38.0 Å². The molecule has 0 fully saturated rings. The van der Waals surface area contributed by atoms with Gasteiger partial charge in [-0.25, -0.2) is 0 Å². The fraction of sp³-hybridized carbons (Fsp3) is 0.143. The molecule has 2 heteroatoms. The minimum Gasteiger partial charge on any atom is -0.383 e. The molecule has 3 aromatic rings. The molecule has 0 aliphatic rings. The third-order valence-corrected chi connectivity index (χ3v) is 4.06. The van der Waals surface area contributed by atoms with Crippen LogP contribution in [-0.4, -0.2) is 12.6 Å². The normalized spacial score (nSPS) is 12.1. The lowest BCUT2D eigenvalue weighted by Crippen LogP contribution is -2.36. The first kappa shape index (κ1) is 15.3. The van der Waals surface area contributed by atoms with E-state index in [9.17, 15) is 0 Å². The largest absolute Gasteiger partial charge is 0.383 e. The molecule has 0 bridgehead atoms. The Bertz CT molecular complexity index is 656. The van der Waals surface area contributed by atoms with Gasteiger partial charge in [0.05, 0.1) is 0 Å². The summed E-state index contributed by atoms with van der Waals surface area (Å²) in [6.45, 7) is 0.721. The Balaban J connectivity index is 1.80. The summed E-state index contributed by atoms with van der Waals surface area (Å²) in [7, 11) is 0. The number of anilines is 1. The van der Waals surface area contributed by atoms with Crippen molar-refractivity contribution in [3.63, 3.8) is 0 Å². The van der Waals surface area contributed by atoms with Crippen LogP contribution in [0.2, 0.25) is 0 Å². The number of benzene rings is 3. The van der Waals surface area contributed by atoms with Gasteiger partial charge in [0.1, 0.15) is 0 Å². The lowest BCUT2D eigenvalue weighted by atomic mass is 9.85. The van der Waals surface area contributed by atoms with Crippen molar-refractivity contribution in [2.75, 3.05) is 11.9 Å². The molecule has 23 heavy (non-hydrogen) atoms. The predicted molar refractivity (Wildman–Crippen MR) is 97.6 cm³/mol. The van der Waals surface area contributed by atoms with Gasteiger partial charge in [0.15, 0.2) is 0 Å². The summed E-state index contributed by atoms with van der Waals surface area (Å²) in [5.74, 6) is 0.175. The fourth-order valence-corrected chi connectivity index (χ4v) is 2.92. The second kappa shape index (κ2) is 7.61. The molecule has 0 heterocycles. The van der Waals surface area contributed by atoms with E-state index in [-0.39, 0.29) is 12.0 Å². The summed E-state index contributed by atoms with van der Waals surface area (Å²) in [4.78, 5) is 0. The van der Waals surface area contributed by atoms with Crippen LogP contribution in [0.15, 0.2) is 91.0 Å². The minimum atomic E-state index is -0.0139. The molecule has 0 spiro atoms. The second-order valence-electron chi connectivity index (χ2n) is 5.71. The van der Waals surface area contributed by atoms with E-state index in [0.29, 0.717) is 0 Å². The molecule has 0 aliphatic carbocycles. The number of rotatable bonds is 6. The smallest absolute Gasteiger partial charge is 0.0340 e. The highest BCUT2D eigenvalue weighted by Crippen LogP contribution is 2.27. The van der Waals surface area contributed by atoms with Gasteiger partial charge in [-0.2, -0.15) is 0 Å². The van der Waals surface area contributed by atoms with E-state index >= 15 is 0 Å². The van der Waals surface area contributed by atoms with Gasteiger partial charge >= 0.3 is 0 Å². The highest BCUT2D eigenvalue weighted by atomic mass is 14.9. The van der Waals surface area contributed by atoms with Crippen molar-refractivity contribution < 1.29 is 0 Å². The van der Waals surface area contributed by atoms with Crippen molar-refractivity contribution in [2.45, 2.75) is 12.0 Å². The molecule has 0 aromatic heterocycles. The van der Waals surface area contributed by atoms with Gasteiger partial charge < -0.3 is 11.1 Å². The zero-order chi connectivity index (χ0) is 15.9. The Labute approximate surface area is 138 Å². The molecule has 0 aliphatic heterocycles. The molecule has 0 saturated heterocycles. The maximum Gasteiger partial charge on any atom is 0.0340 e. The summed E-state index contributed by atoms with van der Waals surface area (Å²) in [6, 6.07) is 31.2. The van der Waals surface area contributed by atoms with Gasteiger partial charge in [-0.15, -0.1) is 0 Å². The van der Waals surface area contributed by atoms with Gasteiger partial charge in [-0.3, -0.25) is 0 Å². The van der Waals surface area contributed by atoms with Gasteiger partial charge in [0.2, 0.25) is 0 Å². The molecule has 116 valence electrons. The van der Waals surface area contributed by atoms with Gasteiger partial charge in [0.25, 0.3) is 0 Å². The highest BCUT2D eigenvalue weighted by molar-refractivity contribution is 5.43. The van der Waals surface area contributed by atoms with Crippen LogP contribution in [0.4, 0.5) is 5.69 Å². The fourth-order valence-electron chi connectivity index (χ4n) is 2.92. The van der Waals surface area contributed by atoms with Crippen molar-refractivity contribution in [3.8, 4) is 0 Å². The molecule has 3 aromatic carbocycles. The van der Waals surface area contributed by atoms with E-state index in [1.165, 1.54) is 11.1 Å². The first-order chi connectivity index (χ1) is 11.3. The van der Waals surface area contributed by atoms with Gasteiger partial charge in [0, 0.05) is 24.2 Å². The second-order valence-corrected chi connectivity index (χ2v) is 5.71.